The molecule has 1 aliphatic rings. The maximum absolute atomic E-state index is 11.8. The molecule has 1 aliphatic heterocycles. The Morgan fingerprint density at radius 2 is 2.00 bits per heavy atom. The number of carbonyl (C=O) groups excluding carboxylic acids is 1. The lowest BCUT2D eigenvalue weighted by Gasteiger charge is -2.26. The van der Waals surface area contributed by atoms with Crippen LogP contribution in [0.3, 0.4) is 0 Å². The molecule has 13 heavy (non-hydrogen) atoms. The van der Waals surface area contributed by atoms with Crippen LogP contribution < -0.4 is 5.73 Å². The van der Waals surface area contributed by atoms with E-state index in [2.05, 4.69) is 20.8 Å². The number of rotatable bonds is 2. The van der Waals surface area contributed by atoms with Gasteiger partial charge in [-0.05, 0) is 34.1 Å². The molecule has 0 bridgehead atoms. The molecule has 0 saturated carbocycles. The number of carbonyl (C=O) groups is 1. The SMILES string of the molecule is CC(N)C1CC(C)N(C(C)C)C1=O. The molecule has 3 nitrogen and oxygen atoms in total. The molecular formula is C10H20N2O. The zero-order chi connectivity index (χ0) is 10.2. The number of nitrogens with zero attached hydrogens (tertiary/aromatic N) is 1. The Morgan fingerprint density at radius 1 is 1.46 bits per heavy atom. The van der Waals surface area contributed by atoms with Gasteiger partial charge in [-0.3, -0.25) is 4.79 Å². The molecule has 0 spiro atoms. The van der Waals surface area contributed by atoms with Crippen molar-refractivity contribution in [2.75, 3.05) is 0 Å². The minimum atomic E-state index is -0.0151. The minimum absolute atomic E-state index is 0.0151. The normalized spacial score (nSPS) is 31.5. The quantitative estimate of drug-likeness (QED) is 0.695. The molecule has 0 aromatic heterocycles. The molecule has 3 atom stereocenters. The van der Waals surface area contributed by atoms with E-state index in [1.807, 2.05) is 11.8 Å². The summed E-state index contributed by atoms with van der Waals surface area (Å²) in [5, 5.41) is 0. The highest BCUT2D eigenvalue weighted by Crippen LogP contribution is 2.27. The summed E-state index contributed by atoms with van der Waals surface area (Å²) in [6.45, 7) is 8.12. The van der Waals surface area contributed by atoms with Crippen LogP contribution in [0, 0.1) is 5.92 Å². The van der Waals surface area contributed by atoms with Crippen molar-refractivity contribution in [3.63, 3.8) is 0 Å². The Bertz CT molecular complexity index is 201. The van der Waals surface area contributed by atoms with Crippen LogP contribution in [-0.2, 0) is 4.79 Å². The first-order valence-electron chi connectivity index (χ1n) is 5.03. The lowest BCUT2D eigenvalue weighted by Crippen LogP contribution is -2.40. The van der Waals surface area contributed by atoms with Crippen LogP contribution in [0.25, 0.3) is 0 Å². The molecule has 3 heteroatoms. The van der Waals surface area contributed by atoms with Crippen LogP contribution in [-0.4, -0.2) is 28.9 Å². The summed E-state index contributed by atoms with van der Waals surface area (Å²) in [6, 6.07) is 0.633. The third-order valence-corrected chi connectivity index (χ3v) is 2.83. The van der Waals surface area contributed by atoms with Crippen molar-refractivity contribution in [2.45, 2.75) is 52.2 Å². The lowest BCUT2D eigenvalue weighted by atomic mass is 9.99. The molecular weight excluding hydrogens is 164 g/mol. The van der Waals surface area contributed by atoms with Crippen LogP contribution in [0.5, 0.6) is 0 Å². The molecule has 0 radical (unpaired) electrons. The van der Waals surface area contributed by atoms with E-state index in [0.717, 1.165) is 6.42 Å². The largest absolute Gasteiger partial charge is 0.337 e. The topological polar surface area (TPSA) is 46.3 Å². The maximum atomic E-state index is 11.8. The number of nitrogens with two attached hydrogens (primary N) is 1. The van der Waals surface area contributed by atoms with E-state index < -0.39 is 0 Å². The van der Waals surface area contributed by atoms with Gasteiger partial charge in [0.2, 0.25) is 5.91 Å². The van der Waals surface area contributed by atoms with Gasteiger partial charge in [-0.2, -0.15) is 0 Å². The predicted molar refractivity (Wildman–Crippen MR) is 53.2 cm³/mol. The van der Waals surface area contributed by atoms with Crippen LogP contribution in [0.4, 0.5) is 0 Å². The van der Waals surface area contributed by atoms with Crippen LogP contribution in [0.1, 0.15) is 34.1 Å². The van der Waals surface area contributed by atoms with Crippen molar-refractivity contribution >= 4 is 5.91 Å². The summed E-state index contributed by atoms with van der Waals surface area (Å²) in [6.07, 6.45) is 0.911. The number of hydrogen-bond donors (Lipinski definition) is 1. The van der Waals surface area contributed by atoms with Crippen molar-refractivity contribution in [1.82, 2.24) is 4.90 Å². The molecule has 1 saturated heterocycles. The van der Waals surface area contributed by atoms with E-state index in [1.54, 1.807) is 0 Å². The second kappa shape index (κ2) is 3.66. The molecule has 0 aromatic carbocycles. The standard InChI is InChI=1S/C10H20N2O/c1-6(2)12-7(3)5-9(8(4)11)10(12)13/h6-9H,5,11H2,1-4H3. The summed E-state index contributed by atoms with van der Waals surface area (Å²) in [7, 11) is 0. The maximum Gasteiger partial charge on any atom is 0.227 e. The van der Waals surface area contributed by atoms with Gasteiger partial charge in [0.1, 0.15) is 0 Å². The number of likely N-dealkylation sites (tertiary alicyclic amines) is 1. The second-order valence-electron chi connectivity index (χ2n) is 4.39. The van der Waals surface area contributed by atoms with E-state index in [9.17, 15) is 4.79 Å². The highest BCUT2D eigenvalue weighted by molar-refractivity contribution is 5.82. The molecule has 0 aromatic rings. The van der Waals surface area contributed by atoms with Crippen molar-refractivity contribution < 1.29 is 4.79 Å². The first kappa shape index (κ1) is 10.5. The molecule has 1 amide bonds. The van der Waals surface area contributed by atoms with Gasteiger partial charge in [0, 0.05) is 18.1 Å². The molecule has 1 rings (SSSR count). The third-order valence-electron chi connectivity index (χ3n) is 2.83. The average Bonchev–Trinajstić information content (AvgIpc) is 2.26. The van der Waals surface area contributed by atoms with E-state index >= 15 is 0 Å². The predicted octanol–water partition coefficient (Wildman–Crippen LogP) is 0.979. The first-order valence-corrected chi connectivity index (χ1v) is 5.03. The summed E-state index contributed by atoms with van der Waals surface area (Å²) in [5.74, 6) is 0.273. The van der Waals surface area contributed by atoms with Gasteiger partial charge in [0.05, 0.1) is 5.92 Å². The molecule has 2 N–H and O–H groups in total. The summed E-state index contributed by atoms with van der Waals surface area (Å²) >= 11 is 0. The molecule has 1 fully saturated rings. The van der Waals surface area contributed by atoms with Gasteiger partial charge in [0.25, 0.3) is 0 Å². The smallest absolute Gasteiger partial charge is 0.227 e. The van der Waals surface area contributed by atoms with E-state index in [1.165, 1.54) is 0 Å². The fourth-order valence-corrected chi connectivity index (χ4v) is 2.19. The highest BCUT2D eigenvalue weighted by atomic mass is 16.2. The Balaban J connectivity index is 2.75. The van der Waals surface area contributed by atoms with Crippen LogP contribution >= 0.6 is 0 Å². The third kappa shape index (κ3) is 1.85. The fourth-order valence-electron chi connectivity index (χ4n) is 2.19. The summed E-state index contributed by atoms with van der Waals surface area (Å²) < 4.78 is 0. The average molecular weight is 184 g/mol. The molecule has 76 valence electrons. The van der Waals surface area contributed by atoms with E-state index in [4.69, 9.17) is 5.73 Å². The van der Waals surface area contributed by atoms with Crippen LogP contribution in [0.2, 0.25) is 0 Å². The van der Waals surface area contributed by atoms with Gasteiger partial charge in [0.15, 0.2) is 0 Å². The Hall–Kier alpha value is -0.570. The molecule has 1 heterocycles. The minimum Gasteiger partial charge on any atom is -0.337 e. The van der Waals surface area contributed by atoms with Gasteiger partial charge >= 0.3 is 0 Å². The number of hydrogen-bond acceptors (Lipinski definition) is 2. The fraction of sp³-hybridized carbons (Fsp3) is 0.900. The van der Waals surface area contributed by atoms with Crippen molar-refractivity contribution in [3.8, 4) is 0 Å². The number of amides is 1. The zero-order valence-corrected chi connectivity index (χ0v) is 8.95. The summed E-state index contributed by atoms with van der Waals surface area (Å²) in [4.78, 5) is 13.8. The van der Waals surface area contributed by atoms with Crippen LogP contribution in [0.15, 0.2) is 0 Å². The van der Waals surface area contributed by atoms with Crippen molar-refractivity contribution in [3.05, 3.63) is 0 Å². The Kier molecular flexibility index (Phi) is 2.96. The van der Waals surface area contributed by atoms with Gasteiger partial charge in [-0.25, -0.2) is 0 Å². The van der Waals surface area contributed by atoms with Crippen molar-refractivity contribution in [2.24, 2.45) is 11.7 Å². The summed E-state index contributed by atoms with van der Waals surface area (Å²) in [5.41, 5.74) is 5.77. The molecule has 0 aliphatic carbocycles. The highest BCUT2D eigenvalue weighted by Gasteiger charge is 2.39. The monoisotopic (exact) mass is 184 g/mol. The van der Waals surface area contributed by atoms with Crippen molar-refractivity contribution in [1.29, 1.82) is 0 Å². The second-order valence-corrected chi connectivity index (χ2v) is 4.39. The molecule has 3 unspecified atom stereocenters. The first-order chi connectivity index (χ1) is 5.95. The Morgan fingerprint density at radius 3 is 2.23 bits per heavy atom. The van der Waals surface area contributed by atoms with Gasteiger partial charge < -0.3 is 10.6 Å². The van der Waals surface area contributed by atoms with E-state index in [-0.39, 0.29) is 17.9 Å². The lowest BCUT2D eigenvalue weighted by molar-refractivity contribution is -0.133. The zero-order valence-electron chi connectivity index (χ0n) is 8.95. The van der Waals surface area contributed by atoms with Gasteiger partial charge in [-0.15, -0.1) is 0 Å². The Labute approximate surface area is 80.3 Å². The van der Waals surface area contributed by atoms with Gasteiger partial charge in [-0.1, -0.05) is 0 Å². The van der Waals surface area contributed by atoms with E-state index in [0.29, 0.717) is 12.1 Å².